The summed E-state index contributed by atoms with van der Waals surface area (Å²) in [5.74, 6) is -1.09. The SMILES string of the molecule is Cc1ccc(C(O)C(O)CCNC(=O)OC(C)(C)C)cc1C(=O)O. The summed E-state index contributed by atoms with van der Waals surface area (Å²) in [7, 11) is 0. The molecule has 0 heterocycles. The normalized spacial score (nSPS) is 13.9. The predicted molar refractivity (Wildman–Crippen MR) is 88.0 cm³/mol. The van der Waals surface area contributed by atoms with E-state index in [0.29, 0.717) is 11.1 Å². The monoisotopic (exact) mass is 339 g/mol. The lowest BCUT2D eigenvalue weighted by Gasteiger charge is -2.21. The molecule has 134 valence electrons. The van der Waals surface area contributed by atoms with Gasteiger partial charge in [0.2, 0.25) is 0 Å². The fourth-order valence-electron chi connectivity index (χ4n) is 2.07. The van der Waals surface area contributed by atoms with Crippen LogP contribution in [0.4, 0.5) is 4.79 Å². The first-order valence-electron chi connectivity index (χ1n) is 7.68. The number of carboxylic acid groups (broad SMARTS) is 1. The Hall–Kier alpha value is -2.12. The molecule has 7 nitrogen and oxygen atoms in total. The number of hydrogen-bond donors (Lipinski definition) is 4. The Bertz CT molecular complexity index is 593. The van der Waals surface area contributed by atoms with Gasteiger partial charge in [0.15, 0.2) is 0 Å². The fourth-order valence-corrected chi connectivity index (χ4v) is 2.07. The third-order valence-electron chi connectivity index (χ3n) is 3.31. The summed E-state index contributed by atoms with van der Waals surface area (Å²) >= 11 is 0. The predicted octanol–water partition coefficient (Wildman–Crippen LogP) is 2.00. The number of alkyl carbamates (subject to hydrolysis) is 1. The van der Waals surface area contributed by atoms with E-state index in [9.17, 15) is 19.8 Å². The lowest BCUT2D eigenvalue weighted by atomic mass is 9.97. The van der Waals surface area contributed by atoms with E-state index in [1.807, 2.05) is 0 Å². The van der Waals surface area contributed by atoms with Crippen molar-refractivity contribution in [3.8, 4) is 0 Å². The smallest absolute Gasteiger partial charge is 0.407 e. The van der Waals surface area contributed by atoms with Gasteiger partial charge in [-0.25, -0.2) is 9.59 Å². The first kappa shape index (κ1) is 19.9. The number of aryl methyl sites for hydroxylation is 1. The molecule has 2 unspecified atom stereocenters. The molecule has 0 radical (unpaired) electrons. The summed E-state index contributed by atoms with van der Waals surface area (Å²) in [4.78, 5) is 22.6. The first-order valence-corrected chi connectivity index (χ1v) is 7.68. The summed E-state index contributed by atoms with van der Waals surface area (Å²) in [5.41, 5.74) is 0.338. The molecule has 0 saturated heterocycles. The van der Waals surface area contributed by atoms with Crippen molar-refractivity contribution < 1.29 is 29.6 Å². The average molecular weight is 339 g/mol. The molecular weight excluding hydrogens is 314 g/mol. The molecule has 0 fully saturated rings. The highest BCUT2D eigenvalue weighted by Crippen LogP contribution is 2.22. The fraction of sp³-hybridized carbons (Fsp3) is 0.529. The standard InChI is InChI=1S/C17H25NO6/c1-10-5-6-11(9-12(10)15(21)22)14(20)13(19)7-8-18-16(23)24-17(2,3)4/h5-6,9,13-14,19-20H,7-8H2,1-4H3,(H,18,23)(H,21,22). The van der Waals surface area contributed by atoms with Gasteiger partial charge in [-0.1, -0.05) is 12.1 Å². The maximum Gasteiger partial charge on any atom is 0.407 e. The van der Waals surface area contributed by atoms with Crippen molar-refractivity contribution in [1.29, 1.82) is 0 Å². The highest BCUT2D eigenvalue weighted by atomic mass is 16.6. The molecule has 0 aliphatic rings. The minimum absolute atomic E-state index is 0.0747. The Kier molecular flexibility index (Phi) is 6.74. The second kappa shape index (κ2) is 8.12. The first-order chi connectivity index (χ1) is 11.0. The second-order valence-corrected chi connectivity index (χ2v) is 6.61. The Morgan fingerprint density at radius 1 is 1.25 bits per heavy atom. The molecule has 0 spiro atoms. The molecule has 0 aliphatic carbocycles. The van der Waals surface area contributed by atoms with Gasteiger partial charge in [-0.3, -0.25) is 0 Å². The van der Waals surface area contributed by atoms with Crippen LogP contribution in [-0.2, 0) is 4.74 Å². The minimum atomic E-state index is -1.25. The molecule has 1 aromatic rings. The van der Waals surface area contributed by atoms with Gasteiger partial charge in [-0.15, -0.1) is 0 Å². The number of nitrogens with one attached hydrogen (secondary N) is 1. The van der Waals surface area contributed by atoms with Gasteiger partial charge in [-0.2, -0.15) is 0 Å². The molecule has 7 heteroatoms. The zero-order chi connectivity index (χ0) is 18.5. The lowest BCUT2D eigenvalue weighted by Crippen LogP contribution is -2.34. The number of carbonyl (C=O) groups is 2. The molecule has 2 atom stereocenters. The van der Waals surface area contributed by atoms with E-state index in [2.05, 4.69) is 5.32 Å². The summed E-state index contributed by atoms with van der Waals surface area (Å²) in [6, 6.07) is 4.48. The molecule has 1 aromatic carbocycles. The number of benzene rings is 1. The summed E-state index contributed by atoms with van der Waals surface area (Å²) in [5, 5.41) is 31.8. The van der Waals surface area contributed by atoms with Gasteiger partial charge in [0.25, 0.3) is 0 Å². The summed E-state index contributed by atoms with van der Waals surface area (Å²) in [6.45, 7) is 6.99. The van der Waals surface area contributed by atoms with E-state index in [4.69, 9.17) is 9.84 Å². The number of aliphatic hydroxyl groups excluding tert-OH is 2. The van der Waals surface area contributed by atoms with E-state index in [0.717, 1.165) is 0 Å². The summed E-state index contributed by atoms with van der Waals surface area (Å²) in [6.07, 6.45) is -2.91. The van der Waals surface area contributed by atoms with Crippen molar-refractivity contribution in [2.24, 2.45) is 0 Å². The van der Waals surface area contributed by atoms with E-state index < -0.39 is 29.9 Å². The molecule has 0 aliphatic heterocycles. The van der Waals surface area contributed by atoms with Crippen molar-refractivity contribution in [2.75, 3.05) is 6.54 Å². The number of ether oxygens (including phenoxy) is 1. The quantitative estimate of drug-likeness (QED) is 0.630. The van der Waals surface area contributed by atoms with Crippen LogP contribution in [0, 0.1) is 6.92 Å². The average Bonchev–Trinajstić information content (AvgIpc) is 2.44. The Labute approximate surface area is 141 Å². The van der Waals surface area contributed by atoms with Gasteiger partial charge in [0.1, 0.15) is 11.7 Å². The topological polar surface area (TPSA) is 116 Å². The Morgan fingerprint density at radius 2 is 1.88 bits per heavy atom. The van der Waals surface area contributed by atoms with Gasteiger partial charge in [-0.05, 0) is 51.3 Å². The van der Waals surface area contributed by atoms with Crippen molar-refractivity contribution in [2.45, 2.75) is 51.9 Å². The van der Waals surface area contributed by atoms with Crippen LogP contribution in [0.1, 0.15) is 54.8 Å². The zero-order valence-corrected chi connectivity index (χ0v) is 14.4. The van der Waals surface area contributed by atoms with Crippen LogP contribution in [0.15, 0.2) is 18.2 Å². The van der Waals surface area contributed by atoms with E-state index in [1.54, 1.807) is 39.8 Å². The Balaban J connectivity index is 2.59. The van der Waals surface area contributed by atoms with Crippen LogP contribution in [0.5, 0.6) is 0 Å². The van der Waals surface area contributed by atoms with E-state index in [-0.39, 0.29) is 18.5 Å². The maximum atomic E-state index is 11.5. The van der Waals surface area contributed by atoms with Crippen LogP contribution < -0.4 is 5.32 Å². The van der Waals surface area contributed by atoms with Crippen molar-refractivity contribution >= 4 is 12.1 Å². The molecule has 0 saturated carbocycles. The summed E-state index contributed by atoms with van der Waals surface area (Å²) < 4.78 is 5.06. The highest BCUT2D eigenvalue weighted by molar-refractivity contribution is 5.89. The van der Waals surface area contributed by atoms with Crippen LogP contribution in [0.25, 0.3) is 0 Å². The van der Waals surface area contributed by atoms with Crippen molar-refractivity contribution in [3.63, 3.8) is 0 Å². The third-order valence-corrected chi connectivity index (χ3v) is 3.31. The largest absolute Gasteiger partial charge is 0.478 e. The van der Waals surface area contributed by atoms with Gasteiger partial charge in [0, 0.05) is 6.54 Å². The Morgan fingerprint density at radius 3 is 2.42 bits per heavy atom. The zero-order valence-electron chi connectivity index (χ0n) is 14.4. The van der Waals surface area contributed by atoms with Crippen LogP contribution in [-0.4, -0.2) is 45.6 Å². The van der Waals surface area contributed by atoms with Gasteiger partial charge in [0.05, 0.1) is 11.7 Å². The lowest BCUT2D eigenvalue weighted by molar-refractivity contribution is 0.0122. The van der Waals surface area contributed by atoms with Crippen LogP contribution in [0.3, 0.4) is 0 Å². The molecule has 4 N–H and O–H groups in total. The number of carboxylic acids is 1. The van der Waals surface area contributed by atoms with Crippen molar-refractivity contribution in [3.05, 3.63) is 34.9 Å². The number of amides is 1. The van der Waals surface area contributed by atoms with Crippen LogP contribution >= 0.6 is 0 Å². The van der Waals surface area contributed by atoms with Crippen LogP contribution in [0.2, 0.25) is 0 Å². The molecular formula is C17H25NO6. The van der Waals surface area contributed by atoms with E-state index in [1.165, 1.54) is 6.07 Å². The molecule has 0 bridgehead atoms. The molecule has 24 heavy (non-hydrogen) atoms. The molecule has 1 rings (SSSR count). The number of hydrogen-bond acceptors (Lipinski definition) is 5. The number of rotatable bonds is 6. The third kappa shape index (κ3) is 6.17. The van der Waals surface area contributed by atoms with Gasteiger partial charge < -0.3 is 25.4 Å². The highest BCUT2D eigenvalue weighted by Gasteiger charge is 2.21. The number of aromatic carboxylic acids is 1. The van der Waals surface area contributed by atoms with Gasteiger partial charge >= 0.3 is 12.1 Å². The second-order valence-electron chi connectivity index (χ2n) is 6.61. The maximum absolute atomic E-state index is 11.5. The number of aliphatic hydroxyl groups is 2. The molecule has 0 aromatic heterocycles. The van der Waals surface area contributed by atoms with E-state index >= 15 is 0 Å². The molecule has 1 amide bonds. The minimum Gasteiger partial charge on any atom is -0.478 e. The number of carbonyl (C=O) groups excluding carboxylic acids is 1. The van der Waals surface area contributed by atoms with Crippen molar-refractivity contribution in [1.82, 2.24) is 5.32 Å².